The molecule has 0 saturated carbocycles. The molecular formula is C14H11Br2ClN2O3S. The number of hydrogen-bond donors (Lipinski definition) is 2. The maximum Gasteiger partial charge on any atom is 0.261 e. The molecule has 2 aromatic carbocycles. The zero-order chi connectivity index (χ0) is 17.2. The summed E-state index contributed by atoms with van der Waals surface area (Å²) in [4.78, 5) is 11.0. The zero-order valence-electron chi connectivity index (χ0n) is 11.7. The number of carbonyl (C=O) groups excluding carboxylic acids is 1. The summed E-state index contributed by atoms with van der Waals surface area (Å²) >= 11 is 12.4. The van der Waals surface area contributed by atoms with E-state index in [2.05, 4.69) is 41.9 Å². The van der Waals surface area contributed by atoms with E-state index in [0.29, 0.717) is 25.3 Å². The van der Waals surface area contributed by atoms with Crippen molar-refractivity contribution in [2.45, 2.75) is 11.8 Å². The average molecular weight is 483 g/mol. The SMILES string of the molecule is CC(=O)Nc1ccc(S(=O)(=O)Nc2c(Br)cc(Cl)cc2Br)cc1. The van der Waals surface area contributed by atoms with Crippen LogP contribution in [-0.2, 0) is 14.8 Å². The van der Waals surface area contributed by atoms with Gasteiger partial charge in [-0.05, 0) is 68.3 Å². The first-order valence-electron chi connectivity index (χ1n) is 6.24. The van der Waals surface area contributed by atoms with Gasteiger partial charge in [0.25, 0.3) is 10.0 Å². The van der Waals surface area contributed by atoms with Gasteiger partial charge in [0.05, 0.1) is 10.6 Å². The molecule has 23 heavy (non-hydrogen) atoms. The minimum Gasteiger partial charge on any atom is -0.326 e. The number of carbonyl (C=O) groups is 1. The van der Waals surface area contributed by atoms with Gasteiger partial charge in [0, 0.05) is 26.6 Å². The predicted octanol–water partition coefficient (Wildman–Crippen LogP) is 4.62. The van der Waals surface area contributed by atoms with E-state index < -0.39 is 10.0 Å². The highest BCUT2D eigenvalue weighted by Crippen LogP contribution is 2.35. The fraction of sp³-hybridized carbons (Fsp3) is 0.0714. The summed E-state index contributed by atoms with van der Waals surface area (Å²) in [7, 11) is -3.78. The number of rotatable bonds is 4. The van der Waals surface area contributed by atoms with Crippen molar-refractivity contribution >= 4 is 70.8 Å². The molecule has 1 amide bonds. The van der Waals surface area contributed by atoms with Crippen LogP contribution in [0.1, 0.15) is 6.92 Å². The Morgan fingerprint density at radius 3 is 2.09 bits per heavy atom. The summed E-state index contributed by atoms with van der Waals surface area (Å²) in [6.07, 6.45) is 0. The largest absolute Gasteiger partial charge is 0.326 e. The van der Waals surface area contributed by atoms with Gasteiger partial charge in [-0.25, -0.2) is 8.42 Å². The van der Waals surface area contributed by atoms with Gasteiger partial charge in [-0.1, -0.05) is 11.6 Å². The van der Waals surface area contributed by atoms with Crippen molar-refractivity contribution in [2.24, 2.45) is 0 Å². The molecule has 0 saturated heterocycles. The summed E-state index contributed by atoms with van der Waals surface area (Å²) in [5.74, 6) is -0.229. The van der Waals surface area contributed by atoms with Gasteiger partial charge in [-0.3, -0.25) is 9.52 Å². The third-order valence-electron chi connectivity index (χ3n) is 2.73. The molecule has 2 N–H and O–H groups in total. The van der Waals surface area contributed by atoms with Crippen LogP contribution in [0.2, 0.25) is 5.02 Å². The molecule has 0 aliphatic heterocycles. The molecule has 2 rings (SSSR count). The van der Waals surface area contributed by atoms with Gasteiger partial charge in [0.2, 0.25) is 5.91 Å². The van der Waals surface area contributed by atoms with E-state index in [0.717, 1.165) is 0 Å². The Hall–Kier alpha value is -1.09. The molecule has 0 spiro atoms. The Balaban J connectivity index is 2.31. The number of hydrogen-bond acceptors (Lipinski definition) is 3. The number of sulfonamides is 1. The topological polar surface area (TPSA) is 75.3 Å². The van der Waals surface area contributed by atoms with Gasteiger partial charge < -0.3 is 5.32 Å². The van der Waals surface area contributed by atoms with Crippen LogP contribution in [0.25, 0.3) is 0 Å². The van der Waals surface area contributed by atoms with E-state index in [1.807, 2.05) is 0 Å². The molecule has 5 nitrogen and oxygen atoms in total. The fourth-order valence-corrected chi connectivity index (χ4v) is 4.98. The lowest BCUT2D eigenvalue weighted by atomic mass is 10.3. The molecule has 0 aliphatic carbocycles. The second kappa shape index (κ2) is 7.21. The Morgan fingerprint density at radius 2 is 1.61 bits per heavy atom. The molecule has 2 aromatic rings. The van der Waals surface area contributed by atoms with Crippen LogP contribution in [-0.4, -0.2) is 14.3 Å². The van der Waals surface area contributed by atoms with Crippen LogP contribution < -0.4 is 10.0 Å². The van der Waals surface area contributed by atoms with E-state index in [9.17, 15) is 13.2 Å². The van der Waals surface area contributed by atoms with Crippen LogP contribution >= 0.6 is 43.5 Å². The standard InChI is InChI=1S/C14H11Br2ClN2O3S/c1-8(20)18-10-2-4-11(5-3-10)23(21,22)19-14-12(15)6-9(17)7-13(14)16/h2-7,19H,1H3,(H,18,20). The van der Waals surface area contributed by atoms with Crippen molar-refractivity contribution in [2.75, 3.05) is 10.0 Å². The average Bonchev–Trinajstić information content (AvgIpc) is 2.43. The highest BCUT2D eigenvalue weighted by atomic mass is 79.9. The third-order valence-corrected chi connectivity index (χ3v) is 5.56. The lowest BCUT2D eigenvalue weighted by Gasteiger charge is -2.12. The van der Waals surface area contributed by atoms with Crippen molar-refractivity contribution in [3.05, 3.63) is 50.4 Å². The first kappa shape index (κ1) is 18.3. The molecular weight excluding hydrogens is 471 g/mol. The monoisotopic (exact) mass is 480 g/mol. The molecule has 0 atom stereocenters. The first-order valence-corrected chi connectivity index (χ1v) is 9.69. The highest BCUT2D eigenvalue weighted by Gasteiger charge is 2.18. The molecule has 0 aliphatic rings. The molecule has 0 radical (unpaired) electrons. The number of anilines is 2. The summed E-state index contributed by atoms with van der Waals surface area (Å²) in [6, 6.07) is 9.02. The molecule has 0 unspecified atom stereocenters. The smallest absolute Gasteiger partial charge is 0.261 e. The van der Waals surface area contributed by atoms with E-state index in [1.165, 1.54) is 31.2 Å². The Labute approximate surface area is 155 Å². The number of benzene rings is 2. The summed E-state index contributed by atoms with van der Waals surface area (Å²) in [5.41, 5.74) is 0.866. The number of amides is 1. The van der Waals surface area contributed by atoms with Crippen molar-refractivity contribution in [1.29, 1.82) is 0 Å². The van der Waals surface area contributed by atoms with Crippen molar-refractivity contribution < 1.29 is 13.2 Å². The van der Waals surface area contributed by atoms with E-state index in [1.54, 1.807) is 12.1 Å². The van der Waals surface area contributed by atoms with Gasteiger partial charge in [0.15, 0.2) is 0 Å². The highest BCUT2D eigenvalue weighted by molar-refractivity contribution is 9.11. The summed E-state index contributed by atoms with van der Waals surface area (Å²) < 4.78 is 28.4. The van der Waals surface area contributed by atoms with Crippen molar-refractivity contribution in [3.63, 3.8) is 0 Å². The van der Waals surface area contributed by atoms with Crippen LogP contribution in [0.4, 0.5) is 11.4 Å². The minimum absolute atomic E-state index is 0.0698. The second-order valence-corrected chi connectivity index (χ2v) is 8.38. The Morgan fingerprint density at radius 1 is 1.09 bits per heavy atom. The molecule has 0 aromatic heterocycles. The third kappa shape index (κ3) is 4.69. The zero-order valence-corrected chi connectivity index (χ0v) is 16.5. The molecule has 0 bridgehead atoms. The molecule has 0 heterocycles. The van der Waals surface area contributed by atoms with Crippen LogP contribution in [0.5, 0.6) is 0 Å². The Bertz CT molecular complexity index is 832. The lowest BCUT2D eigenvalue weighted by Crippen LogP contribution is -2.14. The minimum atomic E-state index is -3.78. The number of halogens is 3. The molecule has 0 fully saturated rings. The van der Waals surface area contributed by atoms with Gasteiger partial charge in [-0.15, -0.1) is 0 Å². The van der Waals surface area contributed by atoms with Gasteiger partial charge in [0.1, 0.15) is 0 Å². The van der Waals surface area contributed by atoms with Crippen LogP contribution in [0.15, 0.2) is 50.2 Å². The van der Waals surface area contributed by atoms with Crippen molar-refractivity contribution in [1.82, 2.24) is 0 Å². The van der Waals surface area contributed by atoms with E-state index >= 15 is 0 Å². The quantitative estimate of drug-likeness (QED) is 0.668. The van der Waals surface area contributed by atoms with E-state index in [4.69, 9.17) is 11.6 Å². The lowest BCUT2D eigenvalue weighted by molar-refractivity contribution is -0.114. The molecule has 122 valence electrons. The first-order chi connectivity index (χ1) is 10.7. The number of nitrogens with one attached hydrogen (secondary N) is 2. The predicted molar refractivity (Wildman–Crippen MR) is 98.4 cm³/mol. The van der Waals surface area contributed by atoms with Crippen LogP contribution in [0.3, 0.4) is 0 Å². The summed E-state index contributed by atoms with van der Waals surface area (Å²) in [6.45, 7) is 1.38. The maximum absolute atomic E-state index is 12.5. The van der Waals surface area contributed by atoms with Gasteiger partial charge in [-0.2, -0.15) is 0 Å². The normalized spacial score (nSPS) is 11.1. The van der Waals surface area contributed by atoms with Crippen molar-refractivity contribution in [3.8, 4) is 0 Å². The molecule has 9 heteroatoms. The van der Waals surface area contributed by atoms with E-state index in [-0.39, 0.29) is 10.8 Å². The maximum atomic E-state index is 12.5. The second-order valence-electron chi connectivity index (χ2n) is 4.56. The van der Waals surface area contributed by atoms with Crippen LogP contribution in [0, 0.1) is 0 Å². The summed E-state index contributed by atoms with van der Waals surface area (Å²) in [5, 5.41) is 3.04. The fourth-order valence-electron chi connectivity index (χ4n) is 1.75. The van der Waals surface area contributed by atoms with Gasteiger partial charge >= 0.3 is 0 Å². The Kier molecular flexibility index (Phi) is 5.72.